The fraction of sp³-hybridized carbons (Fsp3) is 0.125. The summed E-state index contributed by atoms with van der Waals surface area (Å²) >= 11 is 9.12. The second kappa shape index (κ2) is 7.57. The Labute approximate surface area is 145 Å². The molecular weight excluding hydrogens is 389 g/mol. The van der Waals surface area contributed by atoms with E-state index >= 15 is 0 Å². The number of aryl methyl sites for hydroxylation is 1. The summed E-state index contributed by atoms with van der Waals surface area (Å²) in [7, 11) is 0. The lowest BCUT2D eigenvalue weighted by atomic mass is 10.2. The summed E-state index contributed by atoms with van der Waals surface area (Å²) in [5.41, 5.74) is 1.55. The summed E-state index contributed by atoms with van der Waals surface area (Å²) < 4.78 is 18.7. The van der Waals surface area contributed by atoms with Gasteiger partial charge in [-0.15, -0.1) is 0 Å². The topological polar surface area (TPSA) is 55.4 Å². The average molecular weight is 401 g/mol. The Hall–Kier alpha value is -1.92. The molecule has 4 nitrogen and oxygen atoms in total. The van der Waals surface area contributed by atoms with Crippen LogP contribution in [-0.2, 0) is 9.53 Å². The first-order chi connectivity index (χ1) is 10.9. The summed E-state index contributed by atoms with van der Waals surface area (Å²) in [4.78, 5) is 23.6. The molecule has 0 radical (unpaired) electrons. The van der Waals surface area contributed by atoms with Crippen LogP contribution in [0.3, 0.4) is 0 Å². The fourth-order valence-electron chi connectivity index (χ4n) is 1.78. The molecule has 0 saturated heterocycles. The lowest BCUT2D eigenvalue weighted by molar-refractivity contribution is -0.119. The molecule has 0 saturated carbocycles. The van der Waals surface area contributed by atoms with Crippen LogP contribution in [0.15, 0.2) is 40.9 Å². The first kappa shape index (κ1) is 17.4. The van der Waals surface area contributed by atoms with E-state index in [4.69, 9.17) is 16.3 Å². The molecule has 2 aromatic carbocycles. The number of ether oxygens (including phenoxy) is 1. The smallest absolute Gasteiger partial charge is 0.340 e. The van der Waals surface area contributed by atoms with Crippen LogP contribution < -0.4 is 5.32 Å². The fourth-order valence-corrected chi connectivity index (χ4v) is 2.27. The molecule has 0 aliphatic heterocycles. The third-order valence-corrected chi connectivity index (χ3v) is 4.13. The number of halogens is 3. The van der Waals surface area contributed by atoms with Crippen molar-refractivity contribution in [2.75, 3.05) is 11.9 Å². The lowest BCUT2D eigenvalue weighted by Crippen LogP contribution is -2.21. The van der Waals surface area contributed by atoms with Gasteiger partial charge in [-0.05, 0) is 48.9 Å². The number of esters is 1. The number of carbonyl (C=O) groups is 2. The number of hydrogen-bond donors (Lipinski definition) is 1. The van der Waals surface area contributed by atoms with Crippen molar-refractivity contribution in [3.05, 3.63) is 62.8 Å². The van der Waals surface area contributed by atoms with E-state index in [1.165, 1.54) is 6.07 Å². The Bertz CT molecular complexity index is 767. The molecule has 1 amide bonds. The van der Waals surface area contributed by atoms with Gasteiger partial charge < -0.3 is 10.1 Å². The molecular formula is C16H12BrClFNO3. The molecule has 0 aromatic heterocycles. The molecule has 7 heteroatoms. The summed E-state index contributed by atoms with van der Waals surface area (Å²) in [6.07, 6.45) is 0. The van der Waals surface area contributed by atoms with Crippen molar-refractivity contribution in [3.63, 3.8) is 0 Å². The lowest BCUT2D eigenvalue weighted by Gasteiger charge is -2.08. The minimum atomic E-state index is -0.794. The number of amides is 1. The van der Waals surface area contributed by atoms with Gasteiger partial charge in [0.2, 0.25) is 0 Å². The van der Waals surface area contributed by atoms with Crippen molar-refractivity contribution < 1.29 is 18.7 Å². The van der Waals surface area contributed by atoms with Gasteiger partial charge in [-0.2, -0.15) is 0 Å². The molecule has 0 heterocycles. The van der Waals surface area contributed by atoms with E-state index in [0.29, 0.717) is 5.69 Å². The Morgan fingerprint density at radius 3 is 2.65 bits per heavy atom. The zero-order chi connectivity index (χ0) is 17.0. The van der Waals surface area contributed by atoms with Gasteiger partial charge in [0.1, 0.15) is 5.82 Å². The maximum absolute atomic E-state index is 12.9. The van der Waals surface area contributed by atoms with Crippen molar-refractivity contribution in [1.82, 2.24) is 0 Å². The van der Waals surface area contributed by atoms with E-state index in [0.717, 1.165) is 22.2 Å². The summed E-state index contributed by atoms with van der Waals surface area (Å²) in [6, 6.07) is 8.59. The number of hydrogen-bond acceptors (Lipinski definition) is 3. The molecule has 0 spiro atoms. The predicted octanol–water partition coefficient (Wildman–Crippen LogP) is 4.35. The van der Waals surface area contributed by atoms with E-state index in [9.17, 15) is 14.0 Å². The molecule has 120 valence electrons. The van der Waals surface area contributed by atoms with Crippen LogP contribution in [0, 0.1) is 12.7 Å². The van der Waals surface area contributed by atoms with Crippen LogP contribution in [-0.4, -0.2) is 18.5 Å². The molecule has 0 aliphatic carbocycles. The van der Waals surface area contributed by atoms with Gasteiger partial charge in [-0.1, -0.05) is 27.5 Å². The highest BCUT2D eigenvalue weighted by molar-refractivity contribution is 9.10. The van der Waals surface area contributed by atoms with Crippen molar-refractivity contribution in [2.45, 2.75) is 6.92 Å². The average Bonchev–Trinajstić information content (AvgIpc) is 2.48. The number of anilines is 1. The van der Waals surface area contributed by atoms with Crippen LogP contribution in [0.4, 0.5) is 10.1 Å². The second-order valence-electron chi connectivity index (χ2n) is 4.71. The third kappa shape index (κ3) is 4.77. The molecule has 1 N–H and O–H groups in total. The van der Waals surface area contributed by atoms with E-state index in [-0.39, 0.29) is 10.6 Å². The number of rotatable bonds is 4. The normalized spacial score (nSPS) is 10.3. The van der Waals surface area contributed by atoms with Crippen molar-refractivity contribution in [2.24, 2.45) is 0 Å². The zero-order valence-electron chi connectivity index (χ0n) is 12.0. The monoisotopic (exact) mass is 399 g/mol. The van der Waals surface area contributed by atoms with Gasteiger partial charge in [0.15, 0.2) is 6.61 Å². The summed E-state index contributed by atoms with van der Waals surface area (Å²) in [5.74, 6) is -1.84. The zero-order valence-corrected chi connectivity index (χ0v) is 14.4. The van der Waals surface area contributed by atoms with Crippen LogP contribution in [0.25, 0.3) is 0 Å². The van der Waals surface area contributed by atoms with Crippen LogP contribution in [0.1, 0.15) is 15.9 Å². The molecule has 2 rings (SSSR count). The number of benzene rings is 2. The van der Waals surface area contributed by atoms with E-state index in [2.05, 4.69) is 21.2 Å². The maximum Gasteiger partial charge on any atom is 0.340 e. The Balaban J connectivity index is 1.93. The molecule has 0 bridgehead atoms. The second-order valence-corrected chi connectivity index (χ2v) is 5.97. The molecule has 23 heavy (non-hydrogen) atoms. The molecule has 0 unspecified atom stereocenters. The largest absolute Gasteiger partial charge is 0.452 e. The minimum absolute atomic E-state index is 0.000327. The Morgan fingerprint density at radius 1 is 1.26 bits per heavy atom. The Morgan fingerprint density at radius 2 is 2.00 bits per heavy atom. The van der Waals surface area contributed by atoms with Crippen molar-refractivity contribution in [3.8, 4) is 0 Å². The van der Waals surface area contributed by atoms with E-state index < -0.39 is 24.3 Å². The van der Waals surface area contributed by atoms with Crippen LogP contribution in [0.2, 0.25) is 5.02 Å². The first-order valence-electron chi connectivity index (χ1n) is 6.55. The van der Waals surface area contributed by atoms with Crippen molar-refractivity contribution >= 4 is 45.1 Å². The van der Waals surface area contributed by atoms with Gasteiger partial charge in [-0.25, -0.2) is 9.18 Å². The van der Waals surface area contributed by atoms with Gasteiger partial charge in [0.05, 0.1) is 10.6 Å². The highest BCUT2D eigenvalue weighted by Gasteiger charge is 2.14. The van der Waals surface area contributed by atoms with Gasteiger partial charge in [0.25, 0.3) is 5.91 Å². The van der Waals surface area contributed by atoms with Gasteiger partial charge in [-0.3, -0.25) is 4.79 Å². The van der Waals surface area contributed by atoms with Crippen molar-refractivity contribution in [1.29, 1.82) is 0 Å². The number of carbonyl (C=O) groups excluding carboxylic acids is 2. The van der Waals surface area contributed by atoms with Crippen LogP contribution in [0.5, 0.6) is 0 Å². The first-order valence-corrected chi connectivity index (χ1v) is 7.72. The predicted molar refractivity (Wildman–Crippen MR) is 89.2 cm³/mol. The van der Waals surface area contributed by atoms with E-state index in [1.54, 1.807) is 18.2 Å². The number of nitrogens with one attached hydrogen (secondary N) is 1. The Kier molecular flexibility index (Phi) is 5.74. The summed E-state index contributed by atoms with van der Waals surface area (Å²) in [5, 5.41) is 2.54. The summed E-state index contributed by atoms with van der Waals surface area (Å²) in [6.45, 7) is 1.41. The minimum Gasteiger partial charge on any atom is -0.452 e. The molecule has 0 fully saturated rings. The molecule has 2 aromatic rings. The third-order valence-electron chi connectivity index (χ3n) is 2.93. The highest BCUT2D eigenvalue weighted by Crippen LogP contribution is 2.20. The quantitative estimate of drug-likeness (QED) is 0.777. The molecule has 0 atom stereocenters. The molecule has 0 aliphatic rings. The SMILES string of the molecule is Cc1cc(NC(=O)COC(=O)c2ccc(F)cc2Cl)ccc1Br. The van der Waals surface area contributed by atoms with Gasteiger partial charge >= 0.3 is 5.97 Å². The van der Waals surface area contributed by atoms with Crippen LogP contribution >= 0.6 is 27.5 Å². The highest BCUT2D eigenvalue weighted by atomic mass is 79.9. The van der Waals surface area contributed by atoms with Gasteiger partial charge in [0, 0.05) is 10.2 Å². The standard InChI is InChI=1S/C16H12BrClFNO3/c1-9-6-11(3-5-13(9)17)20-15(21)8-23-16(22)12-4-2-10(19)7-14(12)18/h2-7H,8H2,1H3,(H,20,21). The maximum atomic E-state index is 12.9. The van der Waals surface area contributed by atoms with E-state index in [1.807, 2.05) is 6.92 Å².